The van der Waals surface area contributed by atoms with Gasteiger partial charge in [0.25, 0.3) is 0 Å². The van der Waals surface area contributed by atoms with Crippen LogP contribution in [0.1, 0.15) is 36.3 Å². The van der Waals surface area contributed by atoms with Crippen molar-refractivity contribution in [3.63, 3.8) is 0 Å². The van der Waals surface area contributed by atoms with E-state index < -0.39 is 0 Å². The molecule has 2 N–H and O–H groups in total. The smallest absolute Gasteiger partial charge is 0.322 e. The average Bonchev–Trinajstić information content (AvgIpc) is 3.50. The molecule has 6 rings (SSSR count). The first-order chi connectivity index (χ1) is 15.7. The van der Waals surface area contributed by atoms with Crippen LogP contribution in [0.15, 0.2) is 54.6 Å². The van der Waals surface area contributed by atoms with Gasteiger partial charge in [0.15, 0.2) is 0 Å². The predicted molar refractivity (Wildman–Crippen MR) is 126 cm³/mol. The van der Waals surface area contributed by atoms with Crippen molar-refractivity contribution in [2.45, 2.75) is 31.2 Å². The number of hydrogen-bond donors (Lipinski definition) is 2. The Morgan fingerprint density at radius 2 is 1.81 bits per heavy atom. The maximum atomic E-state index is 13.5. The van der Waals surface area contributed by atoms with Crippen molar-refractivity contribution in [3.8, 4) is 0 Å². The van der Waals surface area contributed by atoms with Crippen molar-refractivity contribution >= 4 is 28.9 Å². The molecule has 1 fully saturated rings. The minimum absolute atomic E-state index is 0.0195. The van der Waals surface area contributed by atoms with Crippen LogP contribution in [0.5, 0.6) is 0 Å². The monoisotopic (exact) mass is 428 g/mol. The van der Waals surface area contributed by atoms with E-state index in [4.69, 9.17) is 0 Å². The molecule has 6 heteroatoms. The molecule has 6 nitrogen and oxygen atoms in total. The Balaban J connectivity index is 1.38. The van der Waals surface area contributed by atoms with Gasteiger partial charge in [-0.1, -0.05) is 36.4 Å². The Kier molecular flexibility index (Phi) is 4.67. The number of para-hydroxylation sites is 1. The minimum atomic E-state index is -0.303. The summed E-state index contributed by atoms with van der Waals surface area (Å²) in [6.45, 7) is 2.98. The van der Waals surface area contributed by atoms with Crippen LogP contribution in [0.3, 0.4) is 0 Å². The van der Waals surface area contributed by atoms with E-state index in [1.807, 2.05) is 40.1 Å². The third-order valence-electron chi connectivity index (χ3n) is 7.40. The first kappa shape index (κ1) is 19.4. The van der Waals surface area contributed by atoms with Crippen molar-refractivity contribution in [3.05, 3.63) is 65.7 Å². The van der Waals surface area contributed by atoms with Gasteiger partial charge in [-0.25, -0.2) is 4.79 Å². The molecule has 1 aliphatic carbocycles. The fourth-order valence-corrected chi connectivity index (χ4v) is 5.89. The lowest BCUT2D eigenvalue weighted by Gasteiger charge is -2.44. The van der Waals surface area contributed by atoms with Crippen molar-refractivity contribution in [2.75, 3.05) is 36.8 Å². The Morgan fingerprint density at radius 3 is 2.62 bits per heavy atom. The molecule has 4 aliphatic rings. The van der Waals surface area contributed by atoms with E-state index in [9.17, 15) is 9.59 Å². The van der Waals surface area contributed by atoms with Gasteiger partial charge in [-0.05, 0) is 54.2 Å². The van der Waals surface area contributed by atoms with Gasteiger partial charge >= 0.3 is 6.03 Å². The third kappa shape index (κ3) is 3.17. The SMILES string of the molecule is O=C([C@@H]1C=C2c3cccc4c3[C@@H](CN4)C[C@H]2N(C(=O)Nc2ccccc2)C1)N1CCCC1. The molecule has 3 aliphatic heterocycles. The number of fused-ring (bicyclic) bond motifs is 2. The molecular weight excluding hydrogens is 400 g/mol. The topological polar surface area (TPSA) is 64.7 Å². The summed E-state index contributed by atoms with van der Waals surface area (Å²) in [5, 5.41) is 6.60. The van der Waals surface area contributed by atoms with Gasteiger partial charge in [-0.3, -0.25) is 4.79 Å². The molecule has 0 bridgehead atoms. The second-order valence-corrected chi connectivity index (χ2v) is 9.31. The largest absolute Gasteiger partial charge is 0.384 e. The van der Waals surface area contributed by atoms with Gasteiger partial charge in [0.1, 0.15) is 0 Å². The zero-order valence-corrected chi connectivity index (χ0v) is 18.1. The summed E-state index contributed by atoms with van der Waals surface area (Å²) in [4.78, 5) is 30.7. The van der Waals surface area contributed by atoms with Crippen LogP contribution in [0.4, 0.5) is 16.2 Å². The summed E-state index contributed by atoms with van der Waals surface area (Å²) in [6, 6.07) is 15.8. The number of nitrogens with zero attached hydrogens (tertiary/aromatic N) is 2. The fourth-order valence-electron chi connectivity index (χ4n) is 5.89. The molecule has 3 amide bonds. The summed E-state index contributed by atoms with van der Waals surface area (Å²) in [5.41, 5.74) is 5.66. The van der Waals surface area contributed by atoms with Crippen molar-refractivity contribution in [1.29, 1.82) is 0 Å². The number of carbonyl (C=O) groups excluding carboxylic acids is 2. The first-order valence-corrected chi connectivity index (χ1v) is 11.7. The number of likely N-dealkylation sites (tertiary alicyclic amines) is 1. The van der Waals surface area contributed by atoms with Crippen LogP contribution in [-0.4, -0.2) is 54.0 Å². The van der Waals surface area contributed by atoms with Crippen LogP contribution in [0.2, 0.25) is 0 Å². The molecule has 1 saturated heterocycles. The Bertz CT molecular complexity index is 1090. The van der Waals surface area contributed by atoms with Gasteiger partial charge in [-0.15, -0.1) is 0 Å². The lowest BCUT2D eigenvalue weighted by molar-refractivity contribution is -0.133. The molecule has 0 aromatic heterocycles. The van der Waals surface area contributed by atoms with Crippen molar-refractivity contribution < 1.29 is 9.59 Å². The maximum Gasteiger partial charge on any atom is 0.322 e. The van der Waals surface area contributed by atoms with E-state index in [1.54, 1.807) is 0 Å². The van der Waals surface area contributed by atoms with E-state index in [0.717, 1.165) is 50.2 Å². The molecule has 0 unspecified atom stereocenters. The van der Waals surface area contributed by atoms with E-state index >= 15 is 0 Å². The maximum absolute atomic E-state index is 13.5. The van der Waals surface area contributed by atoms with Crippen LogP contribution >= 0.6 is 0 Å². The normalized spacial score (nSPS) is 25.5. The summed E-state index contributed by atoms with van der Waals surface area (Å²) >= 11 is 0. The second-order valence-electron chi connectivity index (χ2n) is 9.31. The van der Waals surface area contributed by atoms with Gasteiger partial charge < -0.3 is 20.4 Å². The van der Waals surface area contributed by atoms with E-state index in [-0.39, 0.29) is 23.9 Å². The van der Waals surface area contributed by atoms with E-state index in [2.05, 4.69) is 34.9 Å². The number of rotatable bonds is 2. The summed E-state index contributed by atoms with van der Waals surface area (Å²) in [7, 11) is 0. The molecule has 0 radical (unpaired) electrons. The first-order valence-electron chi connectivity index (χ1n) is 11.7. The second kappa shape index (κ2) is 7.69. The van der Waals surface area contributed by atoms with Crippen molar-refractivity contribution in [1.82, 2.24) is 9.80 Å². The highest BCUT2D eigenvalue weighted by Gasteiger charge is 2.44. The summed E-state index contributed by atoms with van der Waals surface area (Å²) in [6.07, 6.45) is 5.18. The third-order valence-corrected chi connectivity index (χ3v) is 7.40. The number of hydrogen-bond acceptors (Lipinski definition) is 3. The minimum Gasteiger partial charge on any atom is -0.384 e. The number of anilines is 2. The number of urea groups is 1. The Morgan fingerprint density at radius 1 is 1.00 bits per heavy atom. The van der Waals surface area contributed by atoms with Gasteiger partial charge in [0.05, 0.1) is 12.0 Å². The highest BCUT2D eigenvalue weighted by Crippen LogP contribution is 2.49. The Hall–Kier alpha value is -3.28. The van der Waals surface area contributed by atoms with Gasteiger partial charge in [0.2, 0.25) is 5.91 Å². The quantitative estimate of drug-likeness (QED) is 0.756. The zero-order valence-electron chi connectivity index (χ0n) is 18.1. The zero-order chi connectivity index (χ0) is 21.7. The molecule has 0 saturated carbocycles. The van der Waals surface area contributed by atoms with Crippen molar-refractivity contribution in [2.24, 2.45) is 5.92 Å². The van der Waals surface area contributed by atoms with Crippen LogP contribution in [-0.2, 0) is 4.79 Å². The number of benzene rings is 2. The number of carbonyl (C=O) groups is 2. The van der Waals surface area contributed by atoms with Gasteiger partial charge in [0, 0.05) is 43.5 Å². The van der Waals surface area contributed by atoms with Crippen LogP contribution < -0.4 is 10.6 Å². The summed E-state index contributed by atoms with van der Waals surface area (Å²) < 4.78 is 0. The number of nitrogens with one attached hydrogen (secondary N) is 2. The molecule has 32 heavy (non-hydrogen) atoms. The lowest BCUT2D eigenvalue weighted by atomic mass is 9.74. The standard InChI is InChI=1S/C26H28N4O2/c31-25(29-11-4-5-12-29)18-13-21-20-9-6-10-22-24(20)17(15-27-22)14-23(21)30(16-18)26(32)28-19-7-2-1-3-8-19/h1-3,6-10,13,17-18,23,27H,4-5,11-12,14-16H2,(H,28,32)/t17-,18-,23-/m1/s1. The summed E-state index contributed by atoms with van der Waals surface area (Å²) in [5.74, 6) is 0.239. The van der Waals surface area contributed by atoms with Gasteiger partial charge in [-0.2, -0.15) is 0 Å². The molecular formula is C26H28N4O2. The predicted octanol–water partition coefficient (Wildman–Crippen LogP) is 4.14. The molecule has 2 aromatic rings. The fraction of sp³-hybridized carbons (Fsp3) is 0.385. The van der Waals surface area contributed by atoms with Crippen LogP contribution in [0, 0.1) is 5.92 Å². The molecule has 3 heterocycles. The highest BCUT2D eigenvalue weighted by molar-refractivity contribution is 5.95. The molecule has 0 spiro atoms. The number of amides is 3. The molecule has 2 aromatic carbocycles. The molecule has 164 valence electrons. The van der Waals surface area contributed by atoms with Crippen LogP contribution in [0.25, 0.3) is 5.57 Å². The van der Waals surface area contributed by atoms with E-state index in [1.165, 1.54) is 16.8 Å². The lowest BCUT2D eigenvalue weighted by Crippen LogP contribution is -2.52. The highest BCUT2D eigenvalue weighted by atomic mass is 16.2. The average molecular weight is 429 g/mol. The van der Waals surface area contributed by atoms with E-state index in [0.29, 0.717) is 12.5 Å². The molecule has 3 atom stereocenters. The Labute approximate surface area is 188 Å².